The summed E-state index contributed by atoms with van der Waals surface area (Å²) in [5, 5.41) is 14.4. The van der Waals surface area contributed by atoms with Gasteiger partial charge in [-0.15, -0.1) is 5.10 Å². The number of benzene rings is 1. The van der Waals surface area contributed by atoms with Gasteiger partial charge in [-0.3, -0.25) is 4.79 Å². The lowest BCUT2D eigenvalue weighted by molar-refractivity contribution is 0.0544. The average molecular weight is 286 g/mol. The Hall–Kier alpha value is -2.28. The minimum absolute atomic E-state index is 0.0692. The first kappa shape index (κ1) is 13.7. The molecule has 7 heteroatoms. The smallest absolute Gasteiger partial charge is 0.254 e. The maximum absolute atomic E-state index is 12.7. The van der Waals surface area contributed by atoms with E-state index >= 15 is 0 Å². The molecule has 0 bridgehead atoms. The fourth-order valence-electron chi connectivity index (χ4n) is 2.72. The van der Waals surface area contributed by atoms with Crippen molar-refractivity contribution >= 4 is 5.91 Å². The maximum Gasteiger partial charge on any atom is 0.254 e. The summed E-state index contributed by atoms with van der Waals surface area (Å²) in [7, 11) is 0. The fraction of sp³-hybridized carbons (Fsp3) is 0.429. The molecule has 0 aliphatic carbocycles. The van der Waals surface area contributed by atoms with Crippen molar-refractivity contribution in [2.45, 2.75) is 25.9 Å². The number of nitrogens with one attached hydrogen (secondary N) is 1. The molecule has 110 valence electrons. The Labute approximate surface area is 122 Å². The molecular formula is C14H18N6O. The molecule has 2 heterocycles. The van der Waals surface area contributed by atoms with Gasteiger partial charge in [0.2, 0.25) is 0 Å². The van der Waals surface area contributed by atoms with Gasteiger partial charge in [0.15, 0.2) is 0 Å². The van der Waals surface area contributed by atoms with Crippen molar-refractivity contribution < 1.29 is 4.79 Å². The van der Waals surface area contributed by atoms with E-state index in [0.717, 1.165) is 18.8 Å². The number of piperazine rings is 1. The van der Waals surface area contributed by atoms with Gasteiger partial charge in [0.1, 0.15) is 6.33 Å². The lowest BCUT2D eigenvalue weighted by atomic mass is 10.1. The third-order valence-corrected chi connectivity index (χ3v) is 3.79. The molecule has 21 heavy (non-hydrogen) atoms. The van der Waals surface area contributed by atoms with E-state index in [1.54, 1.807) is 4.68 Å². The first-order valence-corrected chi connectivity index (χ1v) is 7.03. The van der Waals surface area contributed by atoms with Crippen molar-refractivity contribution in [2.75, 3.05) is 13.1 Å². The normalized spacial score (nSPS) is 22.3. The molecule has 0 saturated carbocycles. The van der Waals surface area contributed by atoms with Gasteiger partial charge in [-0.05, 0) is 48.5 Å². The number of carbonyl (C=O) groups excluding carboxylic acids is 1. The van der Waals surface area contributed by atoms with E-state index in [4.69, 9.17) is 0 Å². The summed E-state index contributed by atoms with van der Waals surface area (Å²) in [6.45, 7) is 5.80. The number of hydrogen-bond acceptors (Lipinski definition) is 5. The van der Waals surface area contributed by atoms with Crippen molar-refractivity contribution in [1.82, 2.24) is 30.4 Å². The quantitative estimate of drug-likeness (QED) is 0.869. The largest absolute Gasteiger partial charge is 0.331 e. The van der Waals surface area contributed by atoms with Gasteiger partial charge >= 0.3 is 0 Å². The van der Waals surface area contributed by atoms with Crippen LogP contribution in [0.5, 0.6) is 0 Å². The Morgan fingerprint density at radius 2 is 1.86 bits per heavy atom. The van der Waals surface area contributed by atoms with Crippen LogP contribution in [0.1, 0.15) is 24.2 Å². The van der Waals surface area contributed by atoms with E-state index in [9.17, 15) is 4.79 Å². The summed E-state index contributed by atoms with van der Waals surface area (Å²) < 4.78 is 1.56. The SMILES string of the molecule is CC1CNCC(C)N1C(=O)c1ccc(-n2cnnn2)cc1. The van der Waals surface area contributed by atoms with Crippen LogP contribution in [0.4, 0.5) is 0 Å². The highest BCUT2D eigenvalue weighted by Gasteiger charge is 2.29. The molecule has 1 aliphatic rings. The van der Waals surface area contributed by atoms with Crippen LogP contribution in [0.25, 0.3) is 5.69 Å². The second kappa shape index (κ2) is 5.61. The summed E-state index contributed by atoms with van der Waals surface area (Å²) in [6.07, 6.45) is 1.53. The van der Waals surface area contributed by atoms with Crippen LogP contribution in [0, 0.1) is 0 Å². The zero-order valence-electron chi connectivity index (χ0n) is 12.1. The molecule has 0 spiro atoms. The number of rotatable bonds is 2. The molecule has 3 rings (SSSR count). The lowest BCUT2D eigenvalue weighted by Crippen LogP contribution is -2.57. The topological polar surface area (TPSA) is 75.9 Å². The van der Waals surface area contributed by atoms with Crippen molar-refractivity contribution in [3.05, 3.63) is 36.2 Å². The molecule has 1 aromatic carbocycles. The van der Waals surface area contributed by atoms with E-state index in [1.807, 2.05) is 29.2 Å². The molecule has 1 amide bonds. The van der Waals surface area contributed by atoms with Gasteiger partial charge < -0.3 is 10.2 Å². The highest BCUT2D eigenvalue weighted by atomic mass is 16.2. The molecular weight excluding hydrogens is 268 g/mol. The Kier molecular flexibility index (Phi) is 3.66. The molecule has 0 radical (unpaired) electrons. The summed E-state index contributed by atoms with van der Waals surface area (Å²) in [4.78, 5) is 14.6. The number of amides is 1. The maximum atomic E-state index is 12.7. The third kappa shape index (κ3) is 2.64. The first-order valence-electron chi connectivity index (χ1n) is 7.03. The van der Waals surface area contributed by atoms with Crippen LogP contribution in [-0.4, -0.2) is 56.2 Å². The van der Waals surface area contributed by atoms with Gasteiger partial charge in [0, 0.05) is 30.7 Å². The third-order valence-electron chi connectivity index (χ3n) is 3.79. The Bertz CT molecular complexity index is 599. The second-order valence-electron chi connectivity index (χ2n) is 5.37. The van der Waals surface area contributed by atoms with E-state index < -0.39 is 0 Å². The second-order valence-corrected chi connectivity index (χ2v) is 5.37. The van der Waals surface area contributed by atoms with Gasteiger partial charge in [0.05, 0.1) is 5.69 Å². The molecule has 2 atom stereocenters. The highest BCUT2D eigenvalue weighted by Crippen LogP contribution is 2.16. The number of nitrogens with zero attached hydrogens (tertiary/aromatic N) is 5. The van der Waals surface area contributed by atoms with Crippen LogP contribution in [0.15, 0.2) is 30.6 Å². The van der Waals surface area contributed by atoms with E-state index in [1.165, 1.54) is 6.33 Å². The van der Waals surface area contributed by atoms with Crippen LogP contribution >= 0.6 is 0 Å². The molecule has 2 aromatic rings. The Morgan fingerprint density at radius 1 is 1.19 bits per heavy atom. The Balaban J connectivity index is 1.81. The number of aromatic nitrogens is 4. The first-order chi connectivity index (χ1) is 10.2. The van der Waals surface area contributed by atoms with E-state index in [-0.39, 0.29) is 18.0 Å². The molecule has 1 fully saturated rings. The average Bonchev–Trinajstić information content (AvgIpc) is 3.01. The highest BCUT2D eigenvalue weighted by molar-refractivity contribution is 5.95. The molecule has 7 nitrogen and oxygen atoms in total. The van der Waals surface area contributed by atoms with Gasteiger partial charge in [-0.2, -0.15) is 0 Å². The van der Waals surface area contributed by atoms with Gasteiger partial charge in [0.25, 0.3) is 5.91 Å². The molecule has 1 saturated heterocycles. The summed E-state index contributed by atoms with van der Waals surface area (Å²) in [5.74, 6) is 0.0692. The molecule has 1 aromatic heterocycles. The zero-order chi connectivity index (χ0) is 14.8. The predicted molar refractivity (Wildman–Crippen MR) is 77.1 cm³/mol. The van der Waals surface area contributed by atoms with Crippen LogP contribution in [0.3, 0.4) is 0 Å². The lowest BCUT2D eigenvalue weighted by Gasteiger charge is -2.39. The molecule has 1 N–H and O–H groups in total. The van der Waals surface area contributed by atoms with Crippen LogP contribution in [-0.2, 0) is 0 Å². The predicted octanol–water partition coefficient (Wildman–Crippen LogP) is 0.485. The molecule has 2 unspecified atom stereocenters. The minimum Gasteiger partial charge on any atom is -0.331 e. The van der Waals surface area contributed by atoms with Crippen molar-refractivity contribution in [3.8, 4) is 5.69 Å². The number of tetrazole rings is 1. The zero-order valence-corrected chi connectivity index (χ0v) is 12.1. The molecule has 1 aliphatic heterocycles. The number of carbonyl (C=O) groups is 1. The van der Waals surface area contributed by atoms with Gasteiger partial charge in [-0.1, -0.05) is 0 Å². The van der Waals surface area contributed by atoms with Crippen molar-refractivity contribution in [2.24, 2.45) is 0 Å². The Morgan fingerprint density at radius 3 is 2.43 bits per heavy atom. The fourth-order valence-corrected chi connectivity index (χ4v) is 2.72. The van der Waals surface area contributed by atoms with E-state index in [2.05, 4.69) is 34.7 Å². The summed E-state index contributed by atoms with van der Waals surface area (Å²) in [6, 6.07) is 7.73. The van der Waals surface area contributed by atoms with Gasteiger partial charge in [-0.25, -0.2) is 4.68 Å². The van der Waals surface area contributed by atoms with Crippen LogP contribution < -0.4 is 5.32 Å². The number of hydrogen-bond donors (Lipinski definition) is 1. The van der Waals surface area contributed by atoms with E-state index in [0.29, 0.717) is 5.56 Å². The monoisotopic (exact) mass is 286 g/mol. The van der Waals surface area contributed by atoms with Crippen molar-refractivity contribution in [3.63, 3.8) is 0 Å². The summed E-state index contributed by atoms with van der Waals surface area (Å²) in [5.41, 5.74) is 1.52. The van der Waals surface area contributed by atoms with Crippen LogP contribution in [0.2, 0.25) is 0 Å². The standard InChI is InChI=1S/C14H18N6O/c1-10-7-15-8-11(2)20(10)14(21)12-3-5-13(6-4-12)19-9-16-17-18-19/h3-6,9-11,15H,7-8H2,1-2H3. The van der Waals surface area contributed by atoms with Crippen molar-refractivity contribution in [1.29, 1.82) is 0 Å². The minimum atomic E-state index is 0.0692. The summed E-state index contributed by atoms with van der Waals surface area (Å²) >= 11 is 0.